The van der Waals surface area contributed by atoms with Crippen molar-refractivity contribution in [2.24, 2.45) is 0 Å². The molecule has 0 saturated carbocycles. The molecule has 0 aliphatic heterocycles. The first-order valence-electron chi connectivity index (χ1n) is 7.53. The molecule has 0 bridgehead atoms. The highest BCUT2D eigenvalue weighted by Crippen LogP contribution is 2.09. The number of hydrogen-bond donors (Lipinski definition) is 4. The van der Waals surface area contributed by atoms with Crippen LogP contribution in [0.15, 0.2) is 24.3 Å². The van der Waals surface area contributed by atoms with Crippen molar-refractivity contribution in [1.29, 1.82) is 0 Å². The number of carboxylic acids is 1. The second-order valence-corrected chi connectivity index (χ2v) is 5.34. The Kier molecular flexibility index (Phi) is 7.54. The number of rotatable bonds is 8. The maximum Gasteiger partial charge on any atom is 0.325 e. The molecule has 9 heteroatoms. The van der Waals surface area contributed by atoms with Gasteiger partial charge in [-0.3, -0.25) is 19.2 Å². The largest absolute Gasteiger partial charge is 0.480 e. The molecule has 4 N–H and O–H groups in total. The number of amides is 3. The van der Waals surface area contributed by atoms with Crippen LogP contribution in [0.2, 0.25) is 0 Å². The van der Waals surface area contributed by atoms with Crippen molar-refractivity contribution in [2.75, 3.05) is 6.61 Å². The molecule has 0 aliphatic rings. The first-order chi connectivity index (χ1) is 11.8. The third kappa shape index (κ3) is 6.22. The average molecular weight is 350 g/mol. The van der Waals surface area contributed by atoms with Crippen molar-refractivity contribution in [2.45, 2.75) is 32.5 Å². The number of hydrogen-bond acceptors (Lipinski definition) is 4. The smallest absolute Gasteiger partial charge is 0.325 e. The molecule has 0 spiro atoms. The predicted octanol–water partition coefficient (Wildman–Crippen LogP) is -0.559. The zero-order valence-electron chi connectivity index (χ0n) is 13.9. The van der Waals surface area contributed by atoms with Gasteiger partial charge in [0.15, 0.2) is 6.61 Å². The van der Waals surface area contributed by atoms with E-state index in [1.165, 1.54) is 19.9 Å². The van der Waals surface area contributed by atoms with Gasteiger partial charge in [-0.1, -0.05) is 18.2 Å². The fraction of sp³-hybridized carbons (Fsp3) is 0.375. The van der Waals surface area contributed by atoms with E-state index in [4.69, 9.17) is 5.11 Å². The van der Waals surface area contributed by atoms with Crippen LogP contribution in [0.25, 0.3) is 0 Å². The van der Waals surface area contributed by atoms with E-state index in [1.807, 2.05) is 0 Å². The molecule has 3 amide bonds. The van der Waals surface area contributed by atoms with E-state index in [9.17, 15) is 24.3 Å². The number of aliphatic carboxylic acids is 1. The summed E-state index contributed by atoms with van der Waals surface area (Å²) in [6.07, 6.45) is 0. The molecule has 0 aliphatic carbocycles. The first-order valence-corrected chi connectivity index (χ1v) is 7.53. The van der Waals surface area contributed by atoms with Crippen LogP contribution in [0.4, 0.5) is 0 Å². The van der Waals surface area contributed by atoms with Crippen molar-refractivity contribution in [3.63, 3.8) is 0 Å². The summed E-state index contributed by atoms with van der Waals surface area (Å²) >= 11 is 0. The van der Waals surface area contributed by atoms with E-state index in [2.05, 4.69) is 16.0 Å². The minimum absolute atomic E-state index is 0.00128. The van der Waals surface area contributed by atoms with Crippen LogP contribution in [0, 0.1) is 0 Å². The third-order valence-electron chi connectivity index (χ3n) is 3.34. The quantitative estimate of drug-likeness (QED) is 0.497. The Balaban J connectivity index is 2.75. The van der Waals surface area contributed by atoms with Crippen LogP contribution in [0.5, 0.6) is 0 Å². The lowest BCUT2D eigenvalue weighted by molar-refractivity contribution is -0.141. The molecule has 2 atom stereocenters. The summed E-state index contributed by atoms with van der Waals surface area (Å²) in [6.45, 7) is 1.82. The maximum atomic E-state index is 12.3. The highest BCUT2D eigenvalue weighted by atomic mass is 16.4. The Bertz CT molecular complexity index is 661. The Labute approximate surface area is 144 Å². The van der Waals surface area contributed by atoms with Gasteiger partial charge in [0.05, 0.1) is 0 Å². The standard InChI is InChI=1S/C16H20N3O6/c1-9(14(22)19-10(2)16(24)25)18-15(23)12-6-4-3-5-11(12)7-17-13(21)8-20/h3-6,9-10H,7-8H2,1-2H3,(H,17,21)(H,18,23)(H,19,22)(H,24,25)/t9-,10-/m0/s1. The summed E-state index contributed by atoms with van der Waals surface area (Å²) in [5.74, 6) is -3.07. The molecular formula is C16H20N3O6. The van der Waals surface area contributed by atoms with Crippen molar-refractivity contribution >= 4 is 23.7 Å². The lowest BCUT2D eigenvalue weighted by Gasteiger charge is -2.17. The summed E-state index contributed by atoms with van der Waals surface area (Å²) in [4.78, 5) is 46.0. The molecule has 1 radical (unpaired) electrons. The number of carbonyl (C=O) groups excluding carboxylic acids is 3. The third-order valence-corrected chi connectivity index (χ3v) is 3.34. The normalized spacial score (nSPS) is 12.6. The molecule has 1 aromatic carbocycles. The molecule has 0 heterocycles. The number of carboxylic acid groups (broad SMARTS) is 1. The summed E-state index contributed by atoms with van der Waals surface area (Å²) in [5.41, 5.74) is 0.716. The van der Waals surface area contributed by atoms with Crippen molar-refractivity contribution in [3.05, 3.63) is 35.4 Å². The molecule has 25 heavy (non-hydrogen) atoms. The van der Waals surface area contributed by atoms with Crippen molar-refractivity contribution in [3.8, 4) is 0 Å². The fourth-order valence-corrected chi connectivity index (χ4v) is 1.88. The molecule has 0 aromatic heterocycles. The lowest BCUT2D eigenvalue weighted by atomic mass is 10.1. The van der Waals surface area contributed by atoms with Gasteiger partial charge in [0.25, 0.3) is 5.91 Å². The first kappa shape index (κ1) is 20.1. The topological polar surface area (TPSA) is 144 Å². The van der Waals surface area contributed by atoms with Gasteiger partial charge in [0.2, 0.25) is 11.8 Å². The Morgan fingerprint density at radius 3 is 2.28 bits per heavy atom. The zero-order valence-corrected chi connectivity index (χ0v) is 13.9. The van der Waals surface area contributed by atoms with E-state index in [0.29, 0.717) is 5.56 Å². The van der Waals surface area contributed by atoms with Crippen LogP contribution in [0.1, 0.15) is 29.8 Å². The van der Waals surface area contributed by atoms with Crippen LogP contribution in [-0.4, -0.2) is 47.5 Å². The van der Waals surface area contributed by atoms with E-state index in [1.54, 1.807) is 18.2 Å². The van der Waals surface area contributed by atoms with E-state index in [0.717, 1.165) is 0 Å². The summed E-state index contributed by atoms with van der Waals surface area (Å²) in [6, 6.07) is 4.36. The second-order valence-electron chi connectivity index (χ2n) is 5.34. The van der Waals surface area contributed by atoms with Gasteiger partial charge in [-0.15, -0.1) is 0 Å². The number of benzene rings is 1. The fourth-order valence-electron chi connectivity index (χ4n) is 1.88. The maximum absolute atomic E-state index is 12.3. The highest BCUT2D eigenvalue weighted by Gasteiger charge is 2.21. The summed E-state index contributed by atoms with van der Waals surface area (Å²) < 4.78 is 0. The van der Waals surface area contributed by atoms with E-state index >= 15 is 0 Å². The average Bonchev–Trinajstić information content (AvgIpc) is 2.59. The van der Waals surface area contributed by atoms with Crippen LogP contribution >= 0.6 is 0 Å². The number of nitrogens with one attached hydrogen (secondary N) is 3. The minimum Gasteiger partial charge on any atom is -0.480 e. The van der Waals surface area contributed by atoms with Crippen molar-refractivity contribution in [1.82, 2.24) is 16.0 Å². The lowest BCUT2D eigenvalue weighted by Crippen LogP contribution is -2.49. The predicted molar refractivity (Wildman–Crippen MR) is 86.0 cm³/mol. The zero-order chi connectivity index (χ0) is 19.0. The highest BCUT2D eigenvalue weighted by molar-refractivity contribution is 5.99. The van der Waals surface area contributed by atoms with Gasteiger partial charge in [-0.2, -0.15) is 0 Å². The van der Waals surface area contributed by atoms with Gasteiger partial charge in [-0.25, -0.2) is 5.11 Å². The van der Waals surface area contributed by atoms with E-state index in [-0.39, 0.29) is 12.1 Å². The van der Waals surface area contributed by atoms with Gasteiger partial charge >= 0.3 is 5.97 Å². The van der Waals surface area contributed by atoms with Gasteiger partial charge < -0.3 is 21.1 Å². The van der Waals surface area contributed by atoms with Crippen LogP contribution < -0.4 is 16.0 Å². The molecule has 0 unspecified atom stereocenters. The number of carbonyl (C=O) groups is 4. The molecular weight excluding hydrogens is 330 g/mol. The van der Waals surface area contributed by atoms with Crippen LogP contribution in [0.3, 0.4) is 0 Å². The molecule has 0 fully saturated rings. The molecule has 1 rings (SSSR count). The van der Waals surface area contributed by atoms with Gasteiger partial charge in [0.1, 0.15) is 12.1 Å². The monoisotopic (exact) mass is 350 g/mol. The Morgan fingerprint density at radius 1 is 1.04 bits per heavy atom. The van der Waals surface area contributed by atoms with Crippen LogP contribution in [-0.2, 0) is 26.0 Å². The molecule has 135 valence electrons. The summed E-state index contributed by atoms with van der Waals surface area (Å²) in [7, 11) is 0. The molecule has 9 nitrogen and oxygen atoms in total. The summed E-state index contributed by atoms with van der Waals surface area (Å²) in [5, 5.41) is 26.3. The van der Waals surface area contributed by atoms with Crippen molar-refractivity contribution < 1.29 is 29.4 Å². The van der Waals surface area contributed by atoms with Gasteiger partial charge in [-0.05, 0) is 25.5 Å². The minimum atomic E-state index is -1.19. The second kappa shape index (κ2) is 9.38. The SMILES string of the molecule is C[C@H](NC(=O)[C@H](C)NC(=O)c1ccccc1CNC(=O)C[O])C(=O)O. The van der Waals surface area contributed by atoms with E-state index < -0.39 is 42.4 Å². The Morgan fingerprint density at radius 2 is 1.68 bits per heavy atom. The Hall–Kier alpha value is -2.94. The molecule has 0 saturated heterocycles. The van der Waals surface area contributed by atoms with Gasteiger partial charge in [0, 0.05) is 12.1 Å². The molecule has 1 aromatic rings.